The second-order valence-electron chi connectivity index (χ2n) is 4.07. The molecule has 13 heavy (non-hydrogen) atoms. The molecule has 3 nitrogen and oxygen atoms in total. The van der Waals surface area contributed by atoms with E-state index in [2.05, 4.69) is 25.0 Å². The molecular weight excluding hydrogens is 162 g/mol. The molecule has 0 bridgehead atoms. The monoisotopic (exact) mass is 181 g/mol. The zero-order valence-electron chi connectivity index (χ0n) is 8.91. The van der Waals surface area contributed by atoms with Crippen molar-refractivity contribution in [1.82, 2.24) is 9.78 Å². The van der Waals surface area contributed by atoms with E-state index in [9.17, 15) is 0 Å². The van der Waals surface area contributed by atoms with Gasteiger partial charge in [-0.1, -0.05) is 13.8 Å². The molecular formula is C10H19N3. The number of rotatable bonds is 3. The summed E-state index contributed by atoms with van der Waals surface area (Å²) in [6, 6.07) is 2.18. The molecule has 0 aliphatic rings. The maximum absolute atomic E-state index is 6.05. The summed E-state index contributed by atoms with van der Waals surface area (Å²) in [7, 11) is 1.95. The van der Waals surface area contributed by atoms with Gasteiger partial charge in [0.25, 0.3) is 0 Å². The van der Waals surface area contributed by atoms with E-state index in [4.69, 9.17) is 5.73 Å². The zero-order chi connectivity index (χ0) is 10.0. The van der Waals surface area contributed by atoms with Crippen molar-refractivity contribution in [2.45, 2.75) is 33.2 Å². The van der Waals surface area contributed by atoms with E-state index < -0.39 is 0 Å². The minimum absolute atomic E-state index is 0.117. The molecule has 1 atom stereocenters. The molecule has 2 N–H and O–H groups in total. The molecule has 0 fully saturated rings. The van der Waals surface area contributed by atoms with Crippen molar-refractivity contribution < 1.29 is 0 Å². The van der Waals surface area contributed by atoms with Crippen LogP contribution in [0.5, 0.6) is 0 Å². The first-order valence-corrected chi connectivity index (χ1v) is 4.76. The van der Waals surface area contributed by atoms with Crippen molar-refractivity contribution in [3.63, 3.8) is 0 Å². The highest BCUT2D eigenvalue weighted by molar-refractivity contribution is 5.12. The predicted octanol–water partition coefficient (Wildman–Crippen LogP) is 1.77. The number of nitrogens with two attached hydrogens (primary N) is 1. The average molecular weight is 181 g/mol. The molecule has 0 aliphatic carbocycles. The fraction of sp³-hybridized carbons (Fsp3) is 0.700. The summed E-state index contributed by atoms with van der Waals surface area (Å²) >= 11 is 0. The van der Waals surface area contributed by atoms with Crippen LogP contribution in [0.4, 0.5) is 0 Å². The second-order valence-corrected chi connectivity index (χ2v) is 4.07. The van der Waals surface area contributed by atoms with Gasteiger partial charge < -0.3 is 5.73 Å². The van der Waals surface area contributed by atoms with Crippen molar-refractivity contribution in [3.8, 4) is 0 Å². The largest absolute Gasteiger partial charge is 0.323 e. The lowest BCUT2D eigenvalue weighted by atomic mass is 10.0. The Morgan fingerprint density at radius 1 is 1.54 bits per heavy atom. The van der Waals surface area contributed by atoms with Gasteiger partial charge in [0.05, 0.1) is 11.4 Å². The molecule has 0 saturated heterocycles. The lowest BCUT2D eigenvalue weighted by molar-refractivity contribution is 0.485. The second kappa shape index (κ2) is 3.92. The van der Waals surface area contributed by atoms with E-state index >= 15 is 0 Å². The first-order valence-electron chi connectivity index (χ1n) is 4.76. The molecule has 0 aliphatic heterocycles. The first kappa shape index (κ1) is 10.3. The van der Waals surface area contributed by atoms with E-state index in [0.717, 1.165) is 17.8 Å². The van der Waals surface area contributed by atoms with Gasteiger partial charge in [-0.05, 0) is 25.3 Å². The summed E-state index contributed by atoms with van der Waals surface area (Å²) in [6.07, 6.45) is 1.01. The average Bonchev–Trinajstić information content (AvgIpc) is 2.28. The van der Waals surface area contributed by atoms with Gasteiger partial charge in [0.15, 0.2) is 0 Å². The summed E-state index contributed by atoms with van der Waals surface area (Å²) in [5.74, 6) is 0.630. The van der Waals surface area contributed by atoms with Gasteiger partial charge >= 0.3 is 0 Å². The van der Waals surface area contributed by atoms with Gasteiger partial charge in [-0.2, -0.15) is 5.10 Å². The van der Waals surface area contributed by atoms with Gasteiger partial charge in [-0.3, -0.25) is 4.68 Å². The van der Waals surface area contributed by atoms with Crippen molar-refractivity contribution in [2.75, 3.05) is 0 Å². The van der Waals surface area contributed by atoms with Crippen LogP contribution in [-0.4, -0.2) is 9.78 Å². The SMILES string of the molecule is Cc1cc(C(N)CC(C)C)n(C)n1. The Kier molecular flexibility index (Phi) is 3.09. The maximum atomic E-state index is 6.05. The molecule has 3 heteroatoms. The maximum Gasteiger partial charge on any atom is 0.0597 e. The van der Waals surface area contributed by atoms with E-state index in [-0.39, 0.29) is 6.04 Å². The molecule has 0 radical (unpaired) electrons. The Morgan fingerprint density at radius 3 is 2.54 bits per heavy atom. The first-order chi connectivity index (χ1) is 6.00. The normalized spacial score (nSPS) is 13.7. The Balaban J connectivity index is 2.76. The van der Waals surface area contributed by atoms with Crippen LogP contribution in [-0.2, 0) is 7.05 Å². The van der Waals surface area contributed by atoms with Crippen LogP contribution >= 0.6 is 0 Å². The standard InChI is InChI=1S/C10H19N3/c1-7(2)5-9(11)10-6-8(3)12-13(10)4/h6-7,9H,5,11H2,1-4H3. The third-order valence-electron chi connectivity index (χ3n) is 2.14. The molecule has 74 valence electrons. The van der Waals surface area contributed by atoms with Crippen LogP contribution in [0.25, 0.3) is 0 Å². The van der Waals surface area contributed by atoms with E-state index in [1.165, 1.54) is 0 Å². The highest BCUT2D eigenvalue weighted by Gasteiger charge is 2.12. The van der Waals surface area contributed by atoms with Crippen LogP contribution in [0.1, 0.15) is 37.7 Å². The molecule has 0 saturated carbocycles. The smallest absolute Gasteiger partial charge is 0.0597 e. The molecule has 1 aromatic rings. The van der Waals surface area contributed by atoms with Crippen LogP contribution in [0, 0.1) is 12.8 Å². The highest BCUT2D eigenvalue weighted by Crippen LogP contribution is 2.18. The highest BCUT2D eigenvalue weighted by atomic mass is 15.3. The predicted molar refractivity (Wildman–Crippen MR) is 54.3 cm³/mol. The number of aryl methyl sites for hydroxylation is 2. The van der Waals surface area contributed by atoms with Crippen molar-refractivity contribution in [2.24, 2.45) is 18.7 Å². The molecule has 1 rings (SSSR count). The number of hydrogen-bond acceptors (Lipinski definition) is 2. The molecule has 0 amide bonds. The molecule has 1 aromatic heterocycles. The van der Waals surface area contributed by atoms with Gasteiger partial charge in [-0.15, -0.1) is 0 Å². The van der Waals surface area contributed by atoms with Crippen molar-refractivity contribution in [1.29, 1.82) is 0 Å². The Morgan fingerprint density at radius 2 is 2.15 bits per heavy atom. The molecule has 1 heterocycles. The number of hydrogen-bond donors (Lipinski definition) is 1. The molecule has 0 spiro atoms. The van der Waals surface area contributed by atoms with Gasteiger partial charge in [0.2, 0.25) is 0 Å². The van der Waals surface area contributed by atoms with Crippen molar-refractivity contribution >= 4 is 0 Å². The van der Waals surface area contributed by atoms with Crippen LogP contribution in [0.3, 0.4) is 0 Å². The minimum atomic E-state index is 0.117. The third-order valence-corrected chi connectivity index (χ3v) is 2.14. The fourth-order valence-electron chi connectivity index (χ4n) is 1.61. The molecule has 1 unspecified atom stereocenters. The van der Waals surface area contributed by atoms with E-state index in [0.29, 0.717) is 5.92 Å². The summed E-state index contributed by atoms with van der Waals surface area (Å²) in [5, 5.41) is 4.28. The third kappa shape index (κ3) is 2.56. The lowest BCUT2D eigenvalue weighted by Gasteiger charge is -2.13. The fourth-order valence-corrected chi connectivity index (χ4v) is 1.61. The molecule has 0 aromatic carbocycles. The van der Waals surface area contributed by atoms with Gasteiger partial charge in [-0.25, -0.2) is 0 Å². The Hall–Kier alpha value is -0.830. The topological polar surface area (TPSA) is 43.8 Å². The van der Waals surface area contributed by atoms with Crippen LogP contribution in [0.15, 0.2) is 6.07 Å². The summed E-state index contributed by atoms with van der Waals surface area (Å²) in [4.78, 5) is 0. The Bertz CT molecular complexity index is 276. The van der Waals surface area contributed by atoms with Gasteiger partial charge in [0, 0.05) is 13.1 Å². The van der Waals surface area contributed by atoms with E-state index in [1.807, 2.05) is 18.7 Å². The van der Waals surface area contributed by atoms with Gasteiger partial charge in [0.1, 0.15) is 0 Å². The van der Waals surface area contributed by atoms with E-state index in [1.54, 1.807) is 0 Å². The van der Waals surface area contributed by atoms with Crippen LogP contribution < -0.4 is 5.73 Å². The Labute approximate surface area is 79.9 Å². The van der Waals surface area contributed by atoms with Crippen LogP contribution in [0.2, 0.25) is 0 Å². The summed E-state index contributed by atoms with van der Waals surface area (Å²) in [6.45, 7) is 6.36. The van der Waals surface area contributed by atoms with Crippen molar-refractivity contribution in [3.05, 3.63) is 17.5 Å². The summed E-state index contributed by atoms with van der Waals surface area (Å²) < 4.78 is 1.88. The lowest BCUT2D eigenvalue weighted by Crippen LogP contribution is -2.16. The summed E-state index contributed by atoms with van der Waals surface area (Å²) in [5.41, 5.74) is 8.22. The quantitative estimate of drug-likeness (QED) is 0.772. The number of nitrogens with zero attached hydrogens (tertiary/aromatic N) is 2. The zero-order valence-corrected chi connectivity index (χ0v) is 8.91. The number of aromatic nitrogens is 2. The minimum Gasteiger partial charge on any atom is -0.323 e.